The van der Waals surface area contributed by atoms with Crippen LogP contribution in [0.15, 0.2) is 54.6 Å². The van der Waals surface area contributed by atoms with Gasteiger partial charge in [0.25, 0.3) is 0 Å². The number of hydrogen-bond donors (Lipinski definition) is 6. The van der Waals surface area contributed by atoms with Crippen LogP contribution in [0, 0.1) is 11.8 Å². The summed E-state index contributed by atoms with van der Waals surface area (Å²) < 4.78 is 0. The second-order valence-electron chi connectivity index (χ2n) is 15.0. The van der Waals surface area contributed by atoms with E-state index < -0.39 is 47.9 Å². The summed E-state index contributed by atoms with van der Waals surface area (Å²) in [6.45, 7) is 6.52. The first-order valence-corrected chi connectivity index (χ1v) is 19.0. The van der Waals surface area contributed by atoms with Crippen LogP contribution in [0.25, 0.3) is 0 Å². The molecule has 2 aromatic rings. The summed E-state index contributed by atoms with van der Waals surface area (Å²) in [5, 5.41) is 11.6. The van der Waals surface area contributed by atoms with E-state index in [1.807, 2.05) is 75.4 Å². The number of nitrogens with two attached hydrogens (primary N) is 2. The number of hydrogen-bond acceptors (Lipinski definition) is 7. The number of carbonyl (C=O) groups excluding carboxylic acids is 6. The van der Waals surface area contributed by atoms with Gasteiger partial charge >= 0.3 is 0 Å². The molecule has 8 N–H and O–H groups in total. The highest BCUT2D eigenvalue weighted by molar-refractivity contribution is 5.96. The van der Waals surface area contributed by atoms with Gasteiger partial charge in [0, 0.05) is 32.4 Å². The van der Waals surface area contributed by atoms with Crippen molar-refractivity contribution < 1.29 is 28.8 Å². The van der Waals surface area contributed by atoms with E-state index in [2.05, 4.69) is 21.3 Å². The van der Waals surface area contributed by atoms with Crippen molar-refractivity contribution in [3.05, 3.63) is 71.3 Å². The lowest BCUT2D eigenvalue weighted by atomic mass is 9.92. The Labute approximate surface area is 312 Å². The number of fused-ring (bicyclic) bond motifs is 14. The van der Waals surface area contributed by atoms with Crippen molar-refractivity contribution in [3.8, 4) is 0 Å². The highest BCUT2D eigenvalue weighted by Gasteiger charge is 2.39. The zero-order valence-electron chi connectivity index (χ0n) is 31.3. The van der Waals surface area contributed by atoms with Crippen LogP contribution in [-0.4, -0.2) is 83.6 Å². The average molecular weight is 732 g/mol. The van der Waals surface area contributed by atoms with E-state index in [0.29, 0.717) is 58.0 Å². The number of unbranched alkanes of at least 4 members (excludes halogenated alkanes) is 2. The molecule has 53 heavy (non-hydrogen) atoms. The Hall–Kier alpha value is -4.78. The molecule has 1 fully saturated rings. The molecule has 1 saturated heterocycles. The van der Waals surface area contributed by atoms with Gasteiger partial charge < -0.3 is 37.6 Å². The zero-order chi connectivity index (χ0) is 38.5. The number of rotatable bonds is 11. The molecule has 5 rings (SSSR count). The Balaban J connectivity index is 1.66. The summed E-state index contributed by atoms with van der Waals surface area (Å²) in [5.74, 6) is -2.77. The second-order valence-corrected chi connectivity index (χ2v) is 15.0. The van der Waals surface area contributed by atoms with Gasteiger partial charge in [-0.1, -0.05) is 81.8 Å². The highest BCUT2D eigenvalue weighted by Crippen LogP contribution is 2.22. The first kappa shape index (κ1) is 41.0. The molecule has 1 unspecified atom stereocenters. The largest absolute Gasteiger partial charge is 0.370 e. The third-order valence-electron chi connectivity index (χ3n) is 10.0. The van der Waals surface area contributed by atoms with Gasteiger partial charge in [-0.2, -0.15) is 0 Å². The van der Waals surface area contributed by atoms with Crippen LogP contribution in [0.1, 0.15) is 82.4 Å². The summed E-state index contributed by atoms with van der Waals surface area (Å²) in [4.78, 5) is 81.9. The molecule has 0 radical (unpaired) electrons. The molecule has 3 aliphatic rings. The second kappa shape index (κ2) is 19.9. The van der Waals surface area contributed by atoms with Gasteiger partial charge in [0.1, 0.15) is 24.2 Å². The number of nitrogens with zero attached hydrogens (tertiary/aromatic N) is 1. The van der Waals surface area contributed by atoms with Gasteiger partial charge in [0.05, 0.1) is 6.04 Å². The quantitative estimate of drug-likeness (QED) is 0.149. The van der Waals surface area contributed by atoms with Crippen LogP contribution in [0.2, 0.25) is 0 Å². The smallest absolute Gasteiger partial charge is 0.243 e. The number of carbonyl (C=O) groups is 6. The van der Waals surface area contributed by atoms with E-state index in [9.17, 15) is 28.8 Å². The highest BCUT2D eigenvalue weighted by atomic mass is 16.2. The van der Waals surface area contributed by atoms with E-state index in [1.165, 1.54) is 0 Å². The molecule has 13 nitrogen and oxygen atoms in total. The number of benzene rings is 2. The zero-order valence-corrected chi connectivity index (χ0v) is 31.3. The van der Waals surface area contributed by atoms with E-state index in [-0.39, 0.29) is 48.8 Å². The Kier molecular flexibility index (Phi) is 15.4. The Morgan fingerprint density at radius 1 is 0.849 bits per heavy atom. The predicted octanol–water partition coefficient (Wildman–Crippen LogP) is 1.64. The molecular weight excluding hydrogens is 674 g/mol. The minimum atomic E-state index is -1.07. The van der Waals surface area contributed by atoms with Crippen molar-refractivity contribution >= 4 is 35.4 Å². The Morgan fingerprint density at radius 3 is 2.15 bits per heavy atom. The fourth-order valence-electron chi connectivity index (χ4n) is 7.00. The van der Waals surface area contributed by atoms with Gasteiger partial charge in [-0.15, -0.1) is 0 Å². The molecule has 13 heteroatoms. The maximum atomic E-state index is 14.1. The minimum Gasteiger partial charge on any atom is -0.370 e. The van der Waals surface area contributed by atoms with Gasteiger partial charge in [0.15, 0.2) is 0 Å². The normalized spacial score (nSPS) is 24.6. The van der Waals surface area contributed by atoms with Crippen LogP contribution >= 0.6 is 0 Å². The lowest BCUT2D eigenvalue weighted by Gasteiger charge is -2.31. The standard InChI is InChI=1S/C40H57N7O6/c1-25(2)21-30-37(50)45-32(23-27-11-6-4-7-12-27)38(51)44-31(36(49)43-19-9-5-8-14-34(41)48)24-29-17-15-28(16-18-29)22-26(3)35(42)40(53)47-20-10-13-33(47)39(52)46-30/h4,6-7,11-12,15-18,25-26,30-33,35H,5,8-10,13-14,19-24,42H2,1-3H3,(H2,41,48)(H,43,49)(H,44,51)(H,45,50)(H,46,52)/t26-,30-,31?,32-,33-,35-/m0/s1. The minimum absolute atomic E-state index is 0.0171. The lowest BCUT2D eigenvalue weighted by molar-refractivity contribution is -0.141. The van der Waals surface area contributed by atoms with Crippen LogP contribution in [0.3, 0.4) is 0 Å². The molecule has 3 heterocycles. The lowest BCUT2D eigenvalue weighted by Crippen LogP contribution is -2.59. The van der Waals surface area contributed by atoms with E-state index in [0.717, 1.165) is 16.7 Å². The third kappa shape index (κ3) is 12.4. The molecule has 2 aromatic carbocycles. The van der Waals surface area contributed by atoms with Crippen molar-refractivity contribution in [1.82, 2.24) is 26.2 Å². The molecule has 288 valence electrons. The molecule has 2 bridgehead atoms. The van der Waals surface area contributed by atoms with Gasteiger partial charge in [0.2, 0.25) is 35.4 Å². The van der Waals surface area contributed by atoms with Crippen molar-refractivity contribution in [1.29, 1.82) is 0 Å². The molecule has 6 atom stereocenters. The summed E-state index contributed by atoms with van der Waals surface area (Å²) in [6, 6.07) is 12.3. The number of nitrogens with one attached hydrogen (secondary N) is 4. The van der Waals surface area contributed by atoms with Gasteiger partial charge in [-0.05, 0) is 67.1 Å². The average Bonchev–Trinajstić information content (AvgIpc) is 3.62. The van der Waals surface area contributed by atoms with Crippen molar-refractivity contribution in [2.24, 2.45) is 23.3 Å². The predicted molar refractivity (Wildman–Crippen MR) is 202 cm³/mol. The van der Waals surface area contributed by atoms with Gasteiger partial charge in [-0.25, -0.2) is 0 Å². The Morgan fingerprint density at radius 2 is 1.49 bits per heavy atom. The topological polar surface area (TPSA) is 206 Å². The molecule has 3 aliphatic heterocycles. The van der Waals surface area contributed by atoms with E-state index >= 15 is 0 Å². The third-order valence-corrected chi connectivity index (χ3v) is 10.0. The monoisotopic (exact) mass is 731 g/mol. The molecule has 0 saturated carbocycles. The van der Waals surface area contributed by atoms with Crippen molar-refractivity contribution in [2.45, 2.75) is 115 Å². The first-order valence-electron chi connectivity index (χ1n) is 19.0. The summed E-state index contributed by atoms with van der Waals surface area (Å²) in [5.41, 5.74) is 14.3. The van der Waals surface area contributed by atoms with Crippen LogP contribution < -0.4 is 32.7 Å². The maximum absolute atomic E-state index is 14.1. The fraction of sp³-hybridized carbons (Fsp3) is 0.550. The molecule has 0 spiro atoms. The summed E-state index contributed by atoms with van der Waals surface area (Å²) >= 11 is 0. The van der Waals surface area contributed by atoms with E-state index in [1.54, 1.807) is 4.90 Å². The first-order chi connectivity index (χ1) is 25.3. The van der Waals surface area contributed by atoms with Crippen molar-refractivity contribution in [3.63, 3.8) is 0 Å². The number of amides is 6. The summed E-state index contributed by atoms with van der Waals surface area (Å²) in [7, 11) is 0. The molecule has 0 aliphatic carbocycles. The number of primary amides is 1. The molecular formula is C40H57N7O6. The molecule has 6 amide bonds. The maximum Gasteiger partial charge on any atom is 0.243 e. The SMILES string of the molecule is CC(C)C[C@@H]1NC(=O)[C@@H]2CCCN2C(=O)[C@@H](N)[C@@H](C)Cc2ccc(cc2)CC(C(=O)NCCCCCC(N)=O)NC(=O)[C@H](Cc2ccccc2)NC1=O. The van der Waals surface area contributed by atoms with Crippen LogP contribution in [-0.2, 0) is 48.0 Å². The summed E-state index contributed by atoms with van der Waals surface area (Å²) in [6.07, 6.45) is 4.46. The molecule has 0 aromatic heterocycles. The fourth-order valence-corrected chi connectivity index (χ4v) is 7.00. The van der Waals surface area contributed by atoms with Crippen molar-refractivity contribution in [2.75, 3.05) is 13.1 Å². The van der Waals surface area contributed by atoms with Crippen LogP contribution in [0.4, 0.5) is 0 Å². The van der Waals surface area contributed by atoms with Gasteiger partial charge in [-0.3, -0.25) is 28.8 Å². The van der Waals surface area contributed by atoms with E-state index in [4.69, 9.17) is 11.5 Å². The Bertz CT molecular complexity index is 1570. The van der Waals surface area contributed by atoms with Crippen LogP contribution in [0.5, 0.6) is 0 Å².